The first-order chi connectivity index (χ1) is 9.80. The Hall–Kier alpha value is -1.19. The van der Waals surface area contributed by atoms with Gasteiger partial charge < -0.3 is 14.8 Å². The zero-order valence-corrected chi connectivity index (χ0v) is 14.5. The maximum atomic E-state index is 9.11. The Morgan fingerprint density at radius 2 is 1.82 bits per heavy atom. The van der Waals surface area contributed by atoms with Crippen LogP contribution in [0.25, 0.3) is 0 Å². The fourth-order valence-electron chi connectivity index (χ4n) is 2.60. The molecule has 0 aromatic heterocycles. The largest absolute Gasteiger partial charge is 0.493 e. The summed E-state index contributed by atoms with van der Waals surface area (Å²) >= 11 is 0. The summed E-state index contributed by atoms with van der Waals surface area (Å²) in [7, 11) is 3.26. The van der Waals surface area contributed by atoms with E-state index in [1.165, 1.54) is 0 Å². The van der Waals surface area contributed by atoms with Gasteiger partial charge in [0.15, 0.2) is 11.5 Å². The number of nitrogens with one attached hydrogen (secondary N) is 1. The third kappa shape index (κ3) is 4.92. The van der Waals surface area contributed by atoms with Gasteiger partial charge in [-0.25, -0.2) is 0 Å². The molecule has 0 spiro atoms. The Morgan fingerprint density at radius 3 is 2.36 bits per heavy atom. The Morgan fingerprint density at radius 1 is 1.18 bits per heavy atom. The van der Waals surface area contributed by atoms with Crippen molar-refractivity contribution >= 4 is 24.8 Å². The highest BCUT2D eigenvalue weighted by Gasteiger charge is 2.23. The molecule has 5 nitrogen and oxygen atoms in total. The first-order valence-corrected chi connectivity index (χ1v) is 6.83. The van der Waals surface area contributed by atoms with E-state index < -0.39 is 0 Å². The number of nitrogens with zero attached hydrogens (tertiary/aromatic N) is 2. The molecule has 1 heterocycles. The van der Waals surface area contributed by atoms with Crippen LogP contribution in [0.4, 0.5) is 0 Å². The van der Waals surface area contributed by atoms with E-state index in [-0.39, 0.29) is 30.9 Å². The highest BCUT2D eigenvalue weighted by Crippen LogP contribution is 2.33. The summed E-state index contributed by atoms with van der Waals surface area (Å²) < 4.78 is 10.6. The number of benzene rings is 1. The standard InChI is InChI=1S/C15H21N3O2.2ClH/c1-19-14-4-3-12(11-15(14)20-2)13(5-6-16)18-9-7-17-8-10-18;;/h3-4,11,13,17H,5,7-10H2,1-2H3;2*1H/t13-;;/m0../s1. The summed E-state index contributed by atoms with van der Waals surface area (Å²) in [5.41, 5.74) is 1.10. The van der Waals surface area contributed by atoms with Crippen LogP contribution in [0.5, 0.6) is 11.5 Å². The lowest BCUT2D eigenvalue weighted by Gasteiger charge is -2.34. The van der Waals surface area contributed by atoms with Crippen LogP contribution < -0.4 is 14.8 Å². The molecule has 0 saturated carbocycles. The van der Waals surface area contributed by atoms with Crippen LogP contribution in [0.15, 0.2) is 18.2 Å². The number of nitriles is 1. The Labute approximate surface area is 144 Å². The smallest absolute Gasteiger partial charge is 0.161 e. The molecule has 124 valence electrons. The molecule has 1 aromatic rings. The topological polar surface area (TPSA) is 57.5 Å². The van der Waals surface area contributed by atoms with Gasteiger partial charge in [-0.2, -0.15) is 5.26 Å². The van der Waals surface area contributed by atoms with Crippen LogP contribution in [-0.4, -0.2) is 45.3 Å². The first kappa shape index (κ1) is 20.8. The van der Waals surface area contributed by atoms with Gasteiger partial charge >= 0.3 is 0 Å². The maximum absolute atomic E-state index is 9.11. The van der Waals surface area contributed by atoms with E-state index >= 15 is 0 Å². The van der Waals surface area contributed by atoms with E-state index in [4.69, 9.17) is 14.7 Å². The predicted molar refractivity (Wildman–Crippen MR) is 91.5 cm³/mol. The van der Waals surface area contributed by atoms with Crippen molar-refractivity contribution in [2.24, 2.45) is 0 Å². The van der Waals surface area contributed by atoms with E-state index in [1.807, 2.05) is 18.2 Å². The second kappa shape index (κ2) is 10.5. The van der Waals surface area contributed by atoms with Gasteiger partial charge in [-0.05, 0) is 17.7 Å². The van der Waals surface area contributed by atoms with Crippen LogP contribution in [0.3, 0.4) is 0 Å². The Bertz CT molecular complexity index is 488. The van der Waals surface area contributed by atoms with E-state index in [0.29, 0.717) is 17.9 Å². The molecule has 1 N–H and O–H groups in total. The fraction of sp³-hybridized carbons (Fsp3) is 0.533. The number of methoxy groups -OCH3 is 2. The van der Waals surface area contributed by atoms with Gasteiger partial charge in [-0.1, -0.05) is 6.07 Å². The highest BCUT2D eigenvalue weighted by atomic mass is 35.5. The number of piperazine rings is 1. The van der Waals surface area contributed by atoms with E-state index in [1.54, 1.807) is 14.2 Å². The third-order valence-electron chi connectivity index (χ3n) is 3.67. The average Bonchev–Trinajstić information content (AvgIpc) is 2.52. The van der Waals surface area contributed by atoms with Gasteiger partial charge in [-0.3, -0.25) is 4.90 Å². The molecule has 0 radical (unpaired) electrons. The molecule has 22 heavy (non-hydrogen) atoms. The lowest BCUT2D eigenvalue weighted by molar-refractivity contribution is 0.175. The minimum Gasteiger partial charge on any atom is -0.493 e. The predicted octanol–water partition coefficient (Wildman–Crippen LogP) is 2.41. The summed E-state index contributed by atoms with van der Waals surface area (Å²) in [5.74, 6) is 1.43. The van der Waals surface area contributed by atoms with Gasteiger partial charge in [0.1, 0.15) is 0 Å². The summed E-state index contributed by atoms with van der Waals surface area (Å²) in [5, 5.41) is 12.4. The normalized spacial score (nSPS) is 15.7. The van der Waals surface area contributed by atoms with Crippen molar-refractivity contribution in [2.45, 2.75) is 12.5 Å². The minimum absolute atomic E-state index is 0. The number of hydrogen-bond acceptors (Lipinski definition) is 5. The van der Waals surface area contributed by atoms with Crippen molar-refractivity contribution in [1.29, 1.82) is 5.26 Å². The molecule has 1 saturated heterocycles. The molecule has 1 aliphatic rings. The molecule has 0 aliphatic carbocycles. The SMILES string of the molecule is COc1ccc([C@H](CC#N)N2CCNCC2)cc1OC.Cl.Cl. The van der Waals surface area contributed by atoms with Gasteiger partial charge in [0, 0.05) is 32.2 Å². The maximum Gasteiger partial charge on any atom is 0.161 e. The van der Waals surface area contributed by atoms with Crippen molar-refractivity contribution in [3.63, 3.8) is 0 Å². The molecule has 1 aliphatic heterocycles. The van der Waals surface area contributed by atoms with Gasteiger partial charge in [-0.15, -0.1) is 24.8 Å². The lowest BCUT2D eigenvalue weighted by atomic mass is 10.0. The molecule has 1 aromatic carbocycles. The van der Waals surface area contributed by atoms with Crippen LogP contribution in [0.1, 0.15) is 18.0 Å². The van der Waals surface area contributed by atoms with Crippen molar-refractivity contribution in [3.05, 3.63) is 23.8 Å². The Balaban J connectivity index is 0.00000220. The number of halogens is 2. The second-order valence-electron chi connectivity index (χ2n) is 4.78. The van der Waals surface area contributed by atoms with E-state index in [9.17, 15) is 0 Å². The van der Waals surface area contributed by atoms with Crippen LogP contribution in [0.2, 0.25) is 0 Å². The van der Waals surface area contributed by atoms with Crippen LogP contribution in [0, 0.1) is 11.3 Å². The molecule has 0 unspecified atom stereocenters. The molecular weight excluding hydrogens is 325 g/mol. The van der Waals surface area contributed by atoms with E-state index in [2.05, 4.69) is 16.3 Å². The third-order valence-corrected chi connectivity index (χ3v) is 3.67. The Kier molecular flexibility index (Phi) is 9.95. The molecule has 7 heteroatoms. The number of hydrogen-bond donors (Lipinski definition) is 1. The van der Waals surface area contributed by atoms with Crippen LogP contribution >= 0.6 is 24.8 Å². The van der Waals surface area contributed by atoms with Crippen molar-refractivity contribution in [1.82, 2.24) is 10.2 Å². The fourth-order valence-corrected chi connectivity index (χ4v) is 2.60. The summed E-state index contributed by atoms with van der Waals surface area (Å²) in [6.45, 7) is 3.85. The van der Waals surface area contributed by atoms with Crippen molar-refractivity contribution in [2.75, 3.05) is 40.4 Å². The first-order valence-electron chi connectivity index (χ1n) is 6.83. The molecule has 2 rings (SSSR count). The quantitative estimate of drug-likeness (QED) is 0.886. The van der Waals surface area contributed by atoms with Crippen molar-refractivity contribution < 1.29 is 9.47 Å². The highest BCUT2D eigenvalue weighted by molar-refractivity contribution is 5.85. The second-order valence-corrected chi connectivity index (χ2v) is 4.78. The van der Waals surface area contributed by atoms with Gasteiger partial charge in [0.2, 0.25) is 0 Å². The lowest BCUT2D eigenvalue weighted by Crippen LogP contribution is -2.45. The molecular formula is C15H23Cl2N3O2. The number of rotatable bonds is 5. The molecule has 1 fully saturated rings. The van der Waals surface area contributed by atoms with Gasteiger partial charge in [0.25, 0.3) is 0 Å². The summed E-state index contributed by atoms with van der Waals surface area (Å²) in [6, 6.07) is 8.31. The summed E-state index contributed by atoms with van der Waals surface area (Å²) in [4.78, 5) is 2.35. The zero-order valence-electron chi connectivity index (χ0n) is 12.9. The monoisotopic (exact) mass is 347 g/mol. The van der Waals surface area contributed by atoms with Crippen LogP contribution in [-0.2, 0) is 0 Å². The molecule has 0 bridgehead atoms. The molecule has 1 atom stereocenters. The average molecular weight is 348 g/mol. The van der Waals surface area contributed by atoms with E-state index in [0.717, 1.165) is 31.7 Å². The number of ether oxygens (including phenoxy) is 2. The minimum atomic E-state index is 0. The molecule has 0 amide bonds. The zero-order chi connectivity index (χ0) is 14.4. The summed E-state index contributed by atoms with van der Waals surface area (Å²) in [6.07, 6.45) is 0.482. The van der Waals surface area contributed by atoms with Gasteiger partial charge in [0.05, 0.1) is 26.7 Å². The van der Waals surface area contributed by atoms with Crippen molar-refractivity contribution in [3.8, 4) is 17.6 Å².